The standard InChI is InChI=1S/C16H33N/c1-5-9-16(10-7-6-8-11-17-16)13-15(4)12-14(2)3/h14-15,17H,5-13H2,1-4H3. The van der Waals surface area contributed by atoms with Crippen LogP contribution >= 0.6 is 0 Å². The Balaban J connectivity index is 2.55. The second-order valence-corrected chi connectivity index (χ2v) is 6.71. The van der Waals surface area contributed by atoms with Gasteiger partial charge in [-0.2, -0.15) is 0 Å². The second-order valence-electron chi connectivity index (χ2n) is 6.71. The van der Waals surface area contributed by atoms with Crippen LogP contribution in [-0.2, 0) is 0 Å². The molecule has 1 heteroatoms. The lowest BCUT2D eigenvalue weighted by Crippen LogP contribution is -2.45. The molecule has 0 radical (unpaired) electrons. The summed E-state index contributed by atoms with van der Waals surface area (Å²) in [6.45, 7) is 10.7. The molecule has 1 aliphatic rings. The van der Waals surface area contributed by atoms with E-state index in [2.05, 4.69) is 33.0 Å². The maximum absolute atomic E-state index is 3.90. The molecule has 1 heterocycles. The van der Waals surface area contributed by atoms with Crippen molar-refractivity contribution >= 4 is 0 Å². The SMILES string of the molecule is CCCC1(CC(C)CC(C)C)CCCCCN1. The number of hydrogen-bond acceptors (Lipinski definition) is 1. The minimum atomic E-state index is 0.472. The van der Waals surface area contributed by atoms with E-state index in [1.807, 2.05) is 0 Å². The summed E-state index contributed by atoms with van der Waals surface area (Å²) in [7, 11) is 0. The first-order valence-electron chi connectivity index (χ1n) is 7.83. The Bertz CT molecular complexity index is 190. The molecule has 0 aromatic carbocycles. The van der Waals surface area contributed by atoms with Gasteiger partial charge in [0.1, 0.15) is 0 Å². The minimum Gasteiger partial charge on any atom is -0.311 e. The normalized spacial score (nSPS) is 28.1. The van der Waals surface area contributed by atoms with Crippen LogP contribution in [0, 0.1) is 11.8 Å². The summed E-state index contributed by atoms with van der Waals surface area (Å²) >= 11 is 0. The summed E-state index contributed by atoms with van der Waals surface area (Å²) < 4.78 is 0. The van der Waals surface area contributed by atoms with Gasteiger partial charge in [0.15, 0.2) is 0 Å². The molecule has 1 nitrogen and oxygen atoms in total. The Labute approximate surface area is 109 Å². The zero-order valence-electron chi connectivity index (χ0n) is 12.5. The highest BCUT2D eigenvalue weighted by Gasteiger charge is 2.31. The molecule has 0 aromatic heterocycles. The summed E-state index contributed by atoms with van der Waals surface area (Å²) in [6, 6.07) is 0. The van der Waals surface area contributed by atoms with Gasteiger partial charge in [-0.25, -0.2) is 0 Å². The van der Waals surface area contributed by atoms with Gasteiger partial charge >= 0.3 is 0 Å². The third-order valence-corrected chi connectivity index (χ3v) is 4.17. The Morgan fingerprint density at radius 2 is 1.88 bits per heavy atom. The number of nitrogens with one attached hydrogen (secondary N) is 1. The van der Waals surface area contributed by atoms with Crippen molar-refractivity contribution in [1.29, 1.82) is 0 Å². The van der Waals surface area contributed by atoms with Crippen molar-refractivity contribution in [3.8, 4) is 0 Å². The maximum atomic E-state index is 3.90. The lowest BCUT2D eigenvalue weighted by atomic mass is 9.79. The number of rotatable bonds is 6. The molecule has 0 bridgehead atoms. The van der Waals surface area contributed by atoms with E-state index >= 15 is 0 Å². The first-order chi connectivity index (χ1) is 8.08. The Hall–Kier alpha value is -0.0400. The van der Waals surface area contributed by atoms with Gasteiger partial charge in [-0.15, -0.1) is 0 Å². The summed E-state index contributed by atoms with van der Waals surface area (Å²) in [6.07, 6.45) is 11.1. The largest absolute Gasteiger partial charge is 0.311 e. The van der Waals surface area contributed by atoms with Gasteiger partial charge in [0, 0.05) is 5.54 Å². The summed E-state index contributed by atoms with van der Waals surface area (Å²) in [5, 5.41) is 3.90. The predicted octanol–water partition coefficient (Wildman–Crippen LogP) is 4.76. The Kier molecular flexibility index (Phi) is 6.54. The first kappa shape index (κ1) is 15.0. The van der Waals surface area contributed by atoms with Gasteiger partial charge in [0.25, 0.3) is 0 Å². The Morgan fingerprint density at radius 3 is 2.53 bits per heavy atom. The smallest absolute Gasteiger partial charge is 0.0184 e. The fourth-order valence-corrected chi connectivity index (χ4v) is 3.73. The van der Waals surface area contributed by atoms with Crippen LogP contribution in [0.25, 0.3) is 0 Å². The van der Waals surface area contributed by atoms with Crippen molar-refractivity contribution in [2.75, 3.05) is 6.54 Å². The van der Waals surface area contributed by atoms with Gasteiger partial charge in [0.05, 0.1) is 0 Å². The lowest BCUT2D eigenvalue weighted by Gasteiger charge is -2.36. The van der Waals surface area contributed by atoms with Gasteiger partial charge in [-0.3, -0.25) is 0 Å². The van der Waals surface area contributed by atoms with Crippen LogP contribution in [0.3, 0.4) is 0 Å². The van der Waals surface area contributed by atoms with Crippen LogP contribution in [0.2, 0.25) is 0 Å². The Morgan fingerprint density at radius 1 is 1.12 bits per heavy atom. The topological polar surface area (TPSA) is 12.0 Å². The molecule has 0 amide bonds. The molecule has 2 atom stereocenters. The highest BCUT2D eigenvalue weighted by Crippen LogP contribution is 2.32. The van der Waals surface area contributed by atoms with Crippen LogP contribution in [0.15, 0.2) is 0 Å². The van der Waals surface area contributed by atoms with E-state index in [9.17, 15) is 0 Å². The molecule has 1 aliphatic heterocycles. The van der Waals surface area contributed by atoms with E-state index in [4.69, 9.17) is 0 Å². The second kappa shape index (κ2) is 7.41. The third-order valence-electron chi connectivity index (χ3n) is 4.17. The molecule has 0 saturated carbocycles. The van der Waals surface area contributed by atoms with Crippen molar-refractivity contribution in [3.05, 3.63) is 0 Å². The molecule has 0 aromatic rings. The van der Waals surface area contributed by atoms with E-state index in [-0.39, 0.29) is 0 Å². The molecule has 1 N–H and O–H groups in total. The van der Waals surface area contributed by atoms with Crippen LogP contribution in [-0.4, -0.2) is 12.1 Å². The summed E-state index contributed by atoms with van der Waals surface area (Å²) in [5.41, 5.74) is 0.472. The molecular formula is C16H33N. The molecule has 0 aliphatic carbocycles. The van der Waals surface area contributed by atoms with E-state index < -0.39 is 0 Å². The number of hydrogen-bond donors (Lipinski definition) is 1. The van der Waals surface area contributed by atoms with E-state index in [1.165, 1.54) is 57.9 Å². The van der Waals surface area contributed by atoms with Crippen molar-refractivity contribution in [3.63, 3.8) is 0 Å². The highest BCUT2D eigenvalue weighted by molar-refractivity contribution is 4.90. The fraction of sp³-hybridized carbons (Fsp3) is 1.00. The van der Waals surface area contributed by atoms with E-state index in [0.29, 0.717) is 5.54 Å². The van der Waals surface area contributed by atoms with Crippen LogP contribution in [0.5, 0.6) is 0 Å². The zero-order valence-corrected chi connectivity index (χ0v) is 12.5. The predicted molar refractivity (Wildman–Crippen MR) is 77.3 cm³/mol. The summed E-state index contributed by atoms with van der Waals surface area (Å²) in [5.74, 6) is 1.71. The monoisotopic (exact) mass is 239 g/mol. The summed E-state index contributed by atoms with van der Waals surface area (Å²) in [4.78, 5) is 0. The van der Waals surface area contributed by atoms with Crippen molar-refractivity contribution < 1.29 is 0 Å². The molecular weight excluding hydrogens is 206 g/mol. The van der Waals surface area contributed by atoms with Crippen molar-refractivity contribution in [2.45, 2.75) is 84.6 Å². The molecule has 1 saturated heterocycles. The van der Waals surface area contributed by atoms with Crippen LogP contribution in [0.1, 0.15) is 79.1 Å². The van der Waals surface area contributed by atoms with Gasteiger partial charge in [-0.05, 0) is 50.5 Å². The average molecular weight is 239 g/mol. The molecule has 1 rings (SSSR count). The molecule has 1 fully saturated rings. The lowest BCUT2D eigenvalue weighted by molar-refractivity contribution is 0.219. The highest BCUT2D eigenvalue weighted by atomic mass is 15.0. The van der Waals surface area contributed by atoms with Gasteiger partial charge in [0.2, 0.25) is 0 Å². The zero-order chi connectivity index (χ0) is 12.7. The minimum absolute atomic E-state index is 0.472. The third kappa shape index (κ3) is 5.42. The molecule has 0 spiro atoms. The van der Waals surface area contributed by atoms with Crippen molar-refractivity contribution in [1.82, 2.24) is 5.32 Å². The van der Waals surface area contributed by atoms with E-state index in [0.717, 1.165) is 11.8 Å². The first-order valence-corrected chi connectivity index (χ1v) is 7.83. The van der Waals surface area contributed by atoms with Gasteiger partial charge < -0.3 is 5.32 Å². The molecule has 102 valence electrons. The van der Waals surface area contributed by atoms with Crippen LogP contribution in [0.4, 0.5) is 0 Å². The molecule has 17 heavy (non-hydrogen) atoms. The van der Waals surface area contributed by atoms with Crippen molar-refractivity contribution in [2.24, 2.45) is 11.8 Å². The fourth-order valence-electron chi connectivity index (χ4n) is 3.73. The maximum Gasteiger partial charge on any atom is 0.0184 e. The quantitative estimate of drug-likeness (QED) is 0.704. The average Bonchev–Trinajstić information content (AvgIpc) is 2.43. The van der Waals surface area contributed by atoms with E-state index in [1.54, 1.807) is 0 Å². The van der Waals surface area contributed by atoms with Gasteiger partial charge in [-0.1, -0.05) is 47.0 Å². The molecule has 2 unspecified atom stereocenters. The van der Waals surface area contributed by atoms with Crippen LogP contribution < -0.4 is 5.32 Å².